The molecule has 2 aromatic rings. The van der Waals surface area contributed by atoms with Gasteiger partial charge >= 0.3 is 0 Å². The van der Waals surface area contributed by atoms with Gasteiger partial charge in [0.05, 0.1) is 22.2 Å². The van der Waals surface area contributed by atoms with E-state index in [1.807, 2.05) is 0 Å². The van der Waals surface area contributed by atoms with Crippen LogP contribution >= 0.6 is 27.5 Å². The number of halogens is 2. The van der Waals surface area contributed by atoms with Crippen LogP contribution in [0.5, 0.6) is 5.75 Å². The van der Waals surface area contributed by atoms with E-state index in [-0.39, 0.29) is 5.91 Å². The van der Waals surface area contributed by atoms with Crippen molar-refractivity contribution in [1.82, 2.24) is 0 Å². The molecule has 0 heterocycles. The van der Waals surface area contributed by atoms with Crippen molar-refractivity contribution in [1.29, 1.82) is 0 Å². The molecule has 0 atom stereocenters. The van der Waals surface area contributed by atoms with Crippen molar-refractivity contribution >= 4 is 44.8 Å². The molecule has 0 radical (unpaired) electrons. The maximum atomic E-state index is 12.1. The third-order valence-electron chi connectivity index (χ3n) is 2.65. The Hall–Kier alpha value is -1.72. The molecular formula is C14H12BrClN2O2. The molecule has 0 fully saturated rings. The van der Waals surface area contributed by atoms with Gasteiger partial charge in [0.25, 0.3) is 5.91 Å². The lowest BCUT2D eigenvalue weighted by atomic mass is 10.2. The predicted octanol–water partition coefficient (Wildman–Crippen LogP) is 3.95. The summed E-state index contributed by atoms with van der Waals surface area (Å²) in [5.41, 5.74) is 7.09. The summed E-state index contributed by atoms with van der Waals surface area (Å²) < 4.78 is 5.98. The number of ether oxygens (including phenoxy) is 1. The summed E-state index contributed by atoms with van der Waals surface area (Å²) in [6.07, 6.45) is 0. The van der Waals surface area contributed by atoms with Crippen molar-refractivity contribution < 1.29 is 9.53 Å². The van der Waals surface area contributed by atoms with Gasteiger partial charge in [-0.1, -0.05) is 11.6 Å². The molecule has 3 N–H and O–H groups in total. The van der Waals surface area contributed by atoms with E-state index in [2.05, 4.69) is 21.2 Å². The lowest BCUT2D eigenvalue weighted by molar-refractivity contribution is 0.102. The van der Waals surface area contributed by atoms with Crippen LogP contribution in [0.4, 0.5) is 11.4 Å². The van der Waals surface area contributed by atoms with Crippen LogP contribution in [0.3, 0.4) is 0 Å². The zero-order valence-corrected chi connectivity index (χ0v) is 13.0. The molecule has 4 nitrogen and oxygen atoms in total. The quantitative estimate of drug-likeness (QED) is 0.820. The first kappa shape index (κ1) is 14.7. The average Bonchev–Trinajstić information content (AvgIpc) is 2.40. The second-order valence-electron chi connectivity index (χ2n) is 4.04. The molecule has 2 aromatic carbocycles. The highest BCUT2D eigenvalue weighted by atomic mass is 79.9. The first-order chi connectivity index (χ1) is 9.51. The van der Waals surface area contributed by atoms with Crippen LogP contribution in [0.2, 0.25) is 5.02 Å². The van der Waals surface area contributed by atoms with Gasteiger partial charge in [-0.2, -0.15) is 0 Å². The van der Waals surface area contributed by atoms with Crippen molar-refractivity contribution in [2.45, 2.75) is 0 Å². The molecule has 0 saturated carbocycles. The number of rotatable bonds is 3. The SMILES string of the molecule is COc1cc(NC(=O)c2ccc(N)cc2Cl)ccc1Br. The summed E-state index contributed by atoms with van der Waals surface area (Å²) in [6, 6.07) is 10.0. The van der Waals surface area contributed by atoms with Crippen LogP contribution in [0, 0.1) is 0 Å². The third kappa shape index (κ3) is 3.23. The average molecular weight is 356 g/mol. The van der Waals surface area contributed by atoms with Gasteiger partial charge in [0.15, 0.2) is 0 Å². The van der Waals surface area contributed by atoms with Crippen molar-refractivity contribution in [2.75, 3.05) is 18.2 Å². The maximum Gasteiger partial charge on any atom is 0.257 e. The molecule has 0 spiro atoms. The molecule has 1 amide bonds. The van der Waals surface area contributed by atoms with E-state index in [9.17, 15) is 4.79 Å². The number of hydrogen-bond donors (Lipinski definition) is 2. The van der Waals surface area contributed by atoms with Crippen LogP contribution in [-0.2, 0) is 0 Å². The van der Waals surface area contributed by atoms with Gasteiger partial charge in [-0.05, 0) is 46.3 Å². The Kier molecular flexibility index (Phi) is 4.52. The first-order valence-corrected chi connectivity index (χ1v) is 6.88. The molecule has 0 aliphatic carbocycles. The van der Waals surface area contributed by atoms with E-state index >= 15 is 0 Å². The van der Waals surface area contributed by atoms with Gasteiger partial charge in [0.1, 0.15) is 5.75 Å². The van der Waals surface area contributed by atoms with Crippen LogP contribution < -0.4 is 15.8 Å². The fraction of sp³-hybridized carbons (Fsp3) is 0.0714. The zero-order valence-electron chi connectivity index (χ0n) is 10.6. The van der Waals surface area contributed by atoms with E-state index < -0.39 is 0 Å². The smallest absolute Gasteiger partial charge is 0.257 e. The number of methoxy groups -OCH3 is 1. The summed E-state index contributed by atoms with van der Waals surface area (Å²) in [5.74, 6) is 0.325. The molecule has 0 aromatic heterocycles. The molecule has 0 aliphatic heterocycles. The van der Waals surface area contributed by atoms with E-state index in [4.69, 9.17) is 22.1 Å². The van der Waals surface area contributed by atoms with Crippen LogP contribution in [0.25, 0.3) is 0 Å². The Morgan fingerprint density at radius 1 is 1.30 bits per heavy atom. The fourth-order valence-corrected chi connectivity index (χ4v) is 2.33. The number of carbonyl (C=O) groups excluding carboxylic acids is 1. The Bertz CT molecular complexity index is 662. The number of anilines is 2. The molecule has 2 rings (SSSR count). The van der Waals surface area contributed by atoms with E-state index in [0.29, 0.717) is 27.7 Å². The number of nitrogens with one attached hydrogen (secondary N) is 1. The van der Waals surface area contributed by atoms with Crippen molar-refractivity contribution in [3.8, 4) is 5.75 Å². The van der Waals surface area contributed by atoms with Gasteiger partial charge in [-0.25, -0.2) is 0 Å². The fourth-order valence-electron chi connectivity index (χ4n) is 1.65. The summed E-state index contributed by atoms with van der Waals surface area (Å²) in [6.45, 7) is 0. The number of hydrogen-bond acceptors (Lipinski definition) is 3. The minimum Gasteiger partial charge on any atom is -0.495 e. The van der Waals surface area contributed by atoms with E-state index in [0.717, 1.165) is 4.47 Å². The van der Waals surface area contributed by atoms with Crippen LogP contribution in [0.1, 0.15) is 10.4 Å². The number of nitrogens with two attached hydrogens (primary N) is 1. The number of amides is 1. The van der Waals surface area contributed by atoms with Crippen molar-refractivity contribution in [3.05, 3.63) is 51.5 Å². The summed E-state index contributed by atoms with van der Waals surface area (Å²) in [5, 5.41) is 3.07. The molecule has 0 unspecified atom stereocenters. The largest absolute Gasteiger partial charge is 0.495 e. The van der Waals surface area contributed by atoms with Gasteiger partial charge in [-0.3, -0.25) is 4.79 Å². The second kappa shape index (κ2) is 6.15. The van der Waals surface area contributed by atoms with Gasteiger partial charge < -0.3 is 15.8 Å². The van der Waals surface area contributed by atoms with Crippen LogP contribution in [0.15, 0.2) is 40.9 Å². The van der Waals surface area contributed by atoms with Gasteiger partial charge in [0, 0.05) is 17.4 Å². The molecular weight excluding hydrogens is 344 g/mol. The van der Waals surface area contributed by atoms with E-state index in [1.54, 1.807) is 43.5 Å². The molecule has 104 valence electrons. The number of nitrogen functional groups attached to an aromatic ring is 1. The lowest BCUT2D eigenvalue weighted by Gasteiger charge is -2.09. The van der Waals surface area contributed by atoms with Gasteiger partial charge in [0.2, 0.25) is 0 Å². The molecule has 20 heavy (non-hydrogen) atoms. The molecule has 0 saturated heterocycles. The number of carbonyl (C=O) groups is 1. The normalized spacial score (nSPS) is 10.2. The zero-order chi connectivity index (χ0) is 14.7. The summed E-state index contributed by atoms with van der Waals surface area (Å²) >= 11 is 9.35. The monoisotopic (exact) mass is 354 g/mol. The Morgan fingerprint density at radius 3 is 2.70 bits per heavy atom. The Labute approximate surface area is 130 Å². The topological polar surface area (TPSA) is 64.3 Å². The molecule has 0 aliphatic rings. The van der Waals surface area contributed by atoms with Crippen molar-refractivity contribution in [2.24, 2.45) is 0 Å². The predicted molar refractivity (Wildman–Crippen MR) is 84.5 cm³/mol. The summed E-state index contributed by atoms with van der Waals surface area (Å²) in [7, 11) is 1.56. The maximum absolute atomic E-state index is 12.1. The Balaban J connectivity index is 2.23. The highest BCUT2D eigenvalue weighted by Crippen LogP contribution is 2.28. The minimum atomic E-state index is -0.306. The highest BCUT2D eigenvalue weighted by molar-refractivity contribution is 9.10. The second-order valence-corrected chi connectivity index (χ2v) is 5.30. The Morgan fingerprint density at radius 2 is 2.05 bits per heavy atom. The third-order valence-corrected chi connectivity index (χ3v) is 3.61. The summed E-state index contributed by atoms with van der Waals surface area (Å²) in [4.78, 5) is 12.1. The van der Waals surface area contributed by atoms with Crippen molar-refractivity contribution in [3.63, 3.8) is 0 Å². The highest BCUT2D eigenvalue weighted by Gasteiger charge is 2.11. The minimum absolute atomic E-state index is 0.306. The van der Waals surface area contributed by atoms with E-state index in [1.165, 1.54) is 0 Å². The van der Waals surface area contributed by atoms with Crippen LogP contribution in [-0.4, -0.2) is 13.0 Å². The number of benzene rings is 2. The molecule has 6 heteroatoms. The molecule has 0 bridgehead atoms. The first-order valence-electron chi connectivity index (χ1n) is 5.71. The van der Waals surface area contributed by atoms with Gasteiger partial charge in [-0.15, -0.1) is 0 Å². The standard InChI is InChI=1S/C14H12BrClN2O2/c1-20-13-7-9(3-5-11(13)15)18-14(19)10-4-2-8(17)6-12(10)16/h2-7H,17H2,1H3,(H,18,19). The lowest BCUT2D eigenvalue weighted by Crippen LogP contribution is -2.12.